The van der Waals surface area contributed by atoms with Crippen LogP contribution in [0.5, 0.6) is 0 Å². The molecule has 0 bridgehead atoms. The second-order valence-corrected chi connectivity index (χ2v) is 10.0. The number of hydrogen-bond acceptors (Lipinski definition) is 2. The Balaban J connectivity index is 1.50. The second kappa shape index (κ2) is 7.21. The Morgan fingerprint density at radius 3 is 2.13 bits per heavy atom. The van der Waals surface area contributed by atoms with E-state index in [4.69, 9.17) is 4.42 Å². The van der Waals surface area contributed by atoms with E-state index in [2.05, 4.69) is 106 Å². The van der Waals surface area contributed by atoms with Crippen molar-refractivity contribution in [3.8, 4) is 22.4 Å². The maximum atomic E-state index is 6.55. The lowest BCUT2D eigenvalue weighted by Crippen LogP contribution is -1.84. The first-order valence-electron chi connectivity index (χ1n) is 12.9. The summed E-state index contributed by atoms with van der Waals surface area (Å²) in [6.07, 6.45) is 1.85. The molecule has 3 heteroatoms. The minimum absolute atomic E-state index is 0.918. The topological polar surface area (TPSA) is 30.4 Å². The highest BCUT2D eigenvalue weighted by atomic mass is 16.3. The number of aromatic nitrogens is 2. The molecule has 9 rings (SSSR count). The number of para-hydroxylation sites is 1. The van der Waals surface area contributed by atoms with Gasteiger partial charge >= 0.3 is 0 Å². The molecule has 0 atom stereocenters. The Kier molecular flexibility index (Phi) is 3.79. The van der Waals surface area contributed by atoms with Crippen molar-refractivity contribution in [2.75, 3.05) is 0 Å². The van der Waals surface area contributed by atoms with E-state index in [9.17, 15) is 0 Å². The van der Waals surface area contributed by atoms with Gasteiger partial charge in [-0.15, -0.1) is 0 Å². The number of benzene rings is 5. The van der Waals surface area contributed by atoms with Crippen LogP contribution in [-0.2, 0) is 0 Å². The molecule has 0 aliphatic heterocycles. The Bertz CT molecular complexity index is 2330. The van der Waals surface area contributed by atoms with Crippen LogP contribution in [0.1, 0.15) is 0 Å². The molecular weight excluding hydrogens is 464 g/mol. The Labute approximate surface area is 217 Å². The lowest BCUT2D eigenvalue weighted by molar-refractivity contribution is 0.671. The van der Waals surface area contributed by atoms with Gasteiger partial charge in [0.25, 0.3) is 0 Å². The fourth-order valence-corrected chi connectivity index (χ4v) is 6.29. The Morgan fingerprint density at radius 2 is 1.26 bits per heavy atom. The molecule has 0 N–H and O–H groups in total. The monoisotopic (exact) mass is 484 g/mol. The first kappa shape index (κ1) is 20.0. The van der Waals surface area contributed by atoms with Crippen LogP contribution in [0.2, 0.25) is 0 Å². The molecule has 0 radical (unpaired) electrons. The van der Waals surface area contributed by atoms with E-state index in [0.717, 1.165) is 38.7 Å². The van der Waals surface area contributed by atoms with Crippen molar-refractivity contribution in [3.05, 3.63) is 121 Å². The van der Waals surface area contributed by atoms with Gasteiger partial charge in [-0.2, -0.15) is 0 Å². The van der Waals surface area contributed by atoms with Gasteiger partial charge in [0.2, 0.25) is 0 Å². The maximum Gasteiger partial charge on any atom is 0.160 e. The van der Waals surface area contributed by atoms with Crippen LogP contribution in [0, 0.1) is 0 Å². The highest BCUT2D eigenvalue weighted by Gasteiger charge is 2.22. The third-order valence-electron chi connectivity index (χ3n) is 7.96. The minimum atomic E-state index is 0.918. The maximum absolute atomic E-state index is 6.55. The number of rotatable bonds is 2. The van der Waals surface area contributed by atoms with Gasteiger partial charge in [-0.1, -0.05) is 66.7 Å². The molecule has 0 saturated heterocycles. The van der Waals surface area contributed by atoms with Crippen LogP contribution in [0.3, 0.4) is 0 Å². The highest BCUT2D eigenvalue weighted by Crippen LogP contribution is 2.45. The van der Waals surface area contributed by atoms with Crippen molar-refractivity contribution in [2.45, 2.75) is 0 Å². The van der Waals surface area contributed by atoms with E-state index < -0.39 is 0 Å². The number of hydrogen-bond donors (Lipinski definition) is 0. The third kappa shape index (κ3) is 2.55. The van der Waals surface area contributed by atoms with Gasteiger partial charge in [0.05, 0.1) is 22.2 Å². The van der Waals surface area contributed by atoms with Crippen molar-refractivity contribution in [2.24, 2.45) is 0 Å². The number of nitrogens with zero attached hydrogens (tertiary/aromatic N) is 2. The number of fused-ring (bicyclic) bond motifs is 10. The Hall–Kier alpha value is -5.15. The van der Waals surface area contributed by atoms with Gasteiger partial charge in [-0.05, 0) is 59.7 Å². The molecular formula is C35H20N2O. The van der Waals surface area contributed by atoms with Crippen LogP contribution in [-0.4, -0.2) is 9.38 Å². The lowest BCUT2D eigenvalue weighted by Gasteiger charge is -2.05. The van der Waals surface area contributed by atoms with Crippen LogP contribution < -0.4 is 0 Å². The molecule has 38 heavy (non-hydrogen) atoms. The molecule has 0 saturated carbocycles. The molecule has 0 aliphatic rings. The molecule has 176 valence electrons. The summed E-state index contributed by atoms with van der Waals surface area (Å²) in [4.78, 5) is 4.62. The number of furan rings is 1. The van der Waals surface area contributed by atoms with E-state index in [0.29, 0.717) is 0 Å². The molecule has 0 amide bonds. The van der Waals surface area contributed by atoms with Gasteiger partial charge in [-0.3, -0.25) is 4.98 Å². The van der Waals surface area contributed by atoms with Crippen molar-refractivity contribution in [3.63, 3.8) is 0 Å². The van der Waals surface area contributed by atoms with E-state index in [1.54, 1.807) is 0 Å². The predicted octanol–water partition coefficient (Wildman–Crippen LogP) is 9.47. The normalized spacial score (nSPS) is 12.2. The minimum Gasteiger partial charge on any atom is -0.454 e. The summed E-state index contributed by atoms with van der Waals surface area (Å²) < 4.78 is 8.97. The lowest BCUT2D eigenvalue weighted by atomic mass is 9.98. The number of pyridine rings is 1. The van der Waals surface area contributed by atoms with Gasteiger partial charge in [0.1, 0.15) is 5.58 Å². The summed E-state index contributed by atoms with van der Waals surface area (Å²) in [7, 11) is 0. The van der Waals surface area contributed by atoms with Crippen LogP contribution in [0.4, 0.5) is 0 Å². The molecule has 0 unspecified atom stereocenters. The summed E-state index contributed by atoms with van der Waals surface area (Å²) >= 11 is 0. The smallest absolute Gasteiger partial charge is 0.160 e. The third-order valence-corrected chi connectivity index (χ3v) is 7.96. The van der Waals surface area contributed by atoms with Gasteiger partial charge < -0.3 is 8.82 Å². The van der Waals surface area contributed by atoms with Crippen LogP contribution in [0.25, 0.3) is 82.4 Å². The molecule has 0 fully saturated rings. The summed E-state index contributed by atoms with van der Waals surface area (Å²) in [5.74, 6) is 0. The van der Waals surface area contributed by atoms with Crippen LogP contribution >= 0.6 is 0 Å². The summed E-state index contributed by atoms with van der Waals surface area (Å²) in [5.41, 5.74) is 9.93. The summed E-state index contributed by atoms with van der Waals surface area (Å²) in [6.45, 7) is 0. The average Bonchev–Trinajstić information content (AvgIpc) is 3.64. The molecule has 4 heterocycles. The molecule has 4 aromatic heterocycles. The van der Waals surface area contributed by atoms with E-state index in [1.807, 2.05) is 24.4 Å². The average molecular weight is 485 g/mol. The second-order valence-electron chi connectivity index (χ2n) is 10.0. The van der Waals surface area contributed by atoms with Crippen LogP contribution in [0.15, 0.2) is 126 Å². The SMILES string of the molecule is c1ccc(-c2cc3c4cc(-c5ccccn5)ccc4n4c3c(c2)c2ccc3c5ccccc5oc3c24)cc1. The van der Waals surface area contributed by atoms with Crippen molar-refractivity contribution in [1.29, 1.82) is 0 Å². The zero-order valence-corrected chi connectivity index (χ0v) is 20.3. The van der Waals surface area contributed by atoms with Gasteiger partial charge in [-0.25, -0.2) is 0 Å². The summed E-state index contributed by atoms with van der Waals surface area (Å²) in [6, 6.07) is 40.9. The standard InChI is InChI=1S/C35H20N2O/c1-2-8-21(9-3-1)23-19-28-25-14-15-26-24-10-4-5-12-32(24)38-35(26)34(25)37-31-16-13-22(30-11-6-7-17-36-30)18-27(31)29(20-23)33(28)37/h1-20H. The van der Waals surface area contributed by atoms with E-state index in [1.165, 1.54) is 43.7 Å². The van der Waals surface area contributed by atoms with Crippen molar-refractivity contribution >= 4 is 60.0 Å². The quantitative estimate of drug-likeness (QED) is 0.245. The largest absolute Gasteiger partial charge is 0.454 e. The van der Waals surface area contributed by atoms with E-state index in [-0.39, 0.29) is 0 Å². The van der Waals surface area contributed by atoms with Gasteiger partial charge in [0, 0.05) is 44.1 Å². The van der Waals surface area contributed by atoms with Gasteiger partial charge in [0.15, 0.2) is 5.58 Å². The zero-order chi connectivity index (χ0) is 24.8. The molecule has 9 aromatic rings. The molecule has 3 nitrogen and oxygen atoms in total. The fourth-order valence-electron chi connectivity index (χ4n) is 6.29. The summed E-state index contributed by atoms with van der Waals surface area (Å²) in [5, 5.41) is 7.22. The molecule has 5 aromatic carbocycles. The fraction of sp³-hybridized carbons (Fsp3) is 0. The van der Waals surface area contributed by atoms with Crippen molar-refractivity contribution < 1.29 is 4.42 Å². The van der Waals surface area contributed by atoms with Crippen molar-refractivity contribution in [1.82, 2.24) is 9.38 Å². The highest BCUT2D eigenvalue weighted by molar-refractivity contribution is 6.29. The first-order chi connectivity index (χ1) is 18.8. The molecule has 0 aliphatic carbocycles. The van der Waals surface area contributed by atoms with E-state index >= 15 is 0 Å². The first-order valence-corrected chi connectivity index (χ1v) is 12.9. The Morgan fingerprint density at radius 1 is 0.500 bits per heavy atom. The zero-order valence-electron chi connectivity index (χ0n) is 20.3. The molecule has 0 spiro atoms. The predicted molar refractivity (Wildman–Crippen MR) is 157 cm³/mol.